The number of rotatable bonds is 5. The summed E-state index contributed by atoms with van der Waals surface area (Å²) in [6.07, 6.45) is 0. The summed E-state index contributed by atoms with van der Waals surface area (Å²) in [5, 5.41) is 1.03. The summed E-state index contributed by atoms with van der Waals surface area (Å²) < 4.78 is 7.54. The van der Waals surface area contributed by atoms with Crippen LogP contribution >= 0.6 is 0 Å². The third-order valence-corrected chi connectivity index (χ3v) is 4.48. The summed E-state index contributed by atoms with van der Waals surface area (Å²) in [6.45, 7) is 8.48. The molecule has 0 radical (unpaired) electrons. The molecule has 0 fully saturated rings. The molecule has 130 valence electrons. The van der Waals surface area contributed by atoms with Crippen molar-refractivity contribution in [3.8, 4) is 5.75 Å². The lowest BCUT2D eigenvalue weighted by Crippen LogP contribution is -2.10. The molecule has 1 aromatic carbocycles. The van der Waals surface area contributed by atoms with Gasteiger partial charge in [-0.25, -0.2) is 0 Å². The molecule has 0 aliphatic carbocycles. The van der Waals surface area contributed by atoms with Crippen LogP contribution in [-0.4, -0.2) is 22.4 Å². The van der Waals surface area contributed by atoms with Crippen molar-refractivity contribution < 1.29 is 9.53 Å². The highest BCUT2D eigenvalue weighted by Crippen LogP contribution is 2.33. The minimum absolute atomic E-state index is 0.0533. The monoisotopic (exact) mass is 336 g/mol. The quantitative estimate of drug-likeness (QED) is 0.633. The molecule has 0 aliphatic heterocycles. The molecule has 4 heteroatoms. The highest BCUT2D eigenvalue weighted by atomic mass is 16.5. The summed E-state index contributed by atoms with van der Waals surface area (Å²) in [6, 6.07) is 12.0. The Balaban J connectivity index is 2.27. The molecule has 4 nitrogen and oxygen atoms in total. The van der Waals surface area contributed by atoms with Gasteiger partial charge in [0.1, 0.15) is 5.75 Å². The fourth-order valence-corrected chi connectivity index (χ4v) is 3.28. The number of ketones is 1. The summed E-state index contributed by atoms with van der Waals surface area (Å²) in [4.78, 5) is 16.9. The van der Waals surface area contributed by atoms with Crippen molar-refractivity contribution in [1.29, 1.82) is 0 Å². The van der Waals surface area contributed by atoms with Crippen LogP contribution in [0, 0.1) is 6.92 Å². The van der Waals surface area contributed by atoms with Gasteiger partial charge in [-0.1, -0.05) is 19.9 Å². The molecule has 2 aromatic heterocycles. The van der Waals surface area contributed by atoms with Gasteiger partial charge in [-0.15, -0.1) is 0 Å². The predicted molar refractivity (Wildman–Crippen MR) is 101 cm³/mol. The lowest BCUT2D eigenvalue weighted by atomic mass is 10.00. The fourth-order valence-electron chi connectivity index (χ4n) is 3.28. The van der Waals surface area contributed by atoms with Gasteiger partial charge in [0, 0.05) is 18.0 Å². The summed E-state index contributed by atoms with van der Waals surface area (Å²) in [7, 11) is 1.67. The summed E-state index contributed by atoms with van der Waals surface area (Å²) in [5.41, 5.74) is 4.89. The van der Waals surface area contributed by atoms with Crippen LogP contribution in [0.3, 0.4) is 0 Å². The highest BCUT2D eigenvalue weighted by molar-refractivity contribution is 6.00. The second-order valence-corrected chi connectivity index (χ2v) is 6.75. The van der Waals surface area contributed by atoms with Crippen LogP contribution in [0.2, 0.25) is 0 Å². The van der Waals surface area contributed by atoms with E-state index in [-0.39, 0.29) is 5.78 Å². The van der Waals surface area contributed by atoms with Gasteiger partial charge < -0.3 is 9.30 Å². The number of nitrogens with zero attached hydrogens (tertiary/aromatic N) is 2. The van der Waals surface area contributed by atoms with Crippen molar-refractivity contribution in [3.05, 3.63) is 59.0 Å². The Morgan fingerprint density at radius 1 is 1.24 bits per heavy atom. The second kappa shape index (κ2) is 6.71. The van der Waals surface area contributed by atoms with Crippen LogP contribution in [0.25, 0.3) is 10.9 Å². The van der Waals surface area contributed by atoms with E-state index in [9.17, 15) is 4.79 Å². The minimum Gasteiger partial charge on any atom is -0.497 e. The maximum atomic E-state index is 12.3. The number of Topliss-reactive ketones (excluding diaryl/α,β-unsaturated/α-hetero) is 1. The van der Waals surface area contributed by atoms with E-state index in [1.54, 1.807) is 14.0 Å². The first-order valence-corrected chi connectivity index (χ1v) is 8.55. The molecule has 0 N–H and O–H groups in total. The van der Waals surface area contributed by atoms with Crippen LogP contribution < -0.4 is 4.74 Å². The van der Waals surface area contributed by atoms with E-state index in [4.69, 9.17) is 4.74 Å². The number of carbonyl (C=O) groups excluding carboxylic acids is 1. The zero-order valence-corrected chi connectivity index (χ0v) is 15.5. The smallest absolute Gasteiger partial charge is 0.176 e. The van der Waals surface area contributed by atoms with Gasteiger partial charge >= 0.3 is 0 Å². The number of benzene rings is 1. The van der Waals surface area contributed by atoms with E-state index >= 15 is 0 Å². The Kier molecular flexibility index (Phi) is 4.62. The minimum atomic E-state index is 0.0533. The number of hydrogen-bond donors (Lipinski definition) is 0. The van der Waals surface area contributed by atoms with Crippen molar-refractivity contribution in [1.82, 2.24) is 9.55 Å². The van der Waals surface area contributed by atoms with Crippen LogP contribution in [0.1, 0.15) is 54.1 Å². The highest BCUT2D eigenvalue weighted by Gasteiger charge is 2.18. The van der Waals surface area contributed by atoms with Gasteiger partial charge in [-0.2, -0.15) is 0 Å². The van der Waals surface area contributed by atoms with E-state index in [0.717, 1.165) is 28.0 Å². The molecule has 3 rings (SSSR count). The predicted octanol–water partition coefficient (Wildman–Crippen LogP) is 4.73. The fraction of sp³-hybridized carbons (Fsp3) is 0.333. The third kappa shape index (κ3) is 3.29. The van der Waals surface area contributed by atoms with Gasteiger partial charge in [0.25, 0.3) is 0 Å². The maximum absolute atomic E-state index is 12.3. The Labute approximate surface area is 148 Å². The zero-order valence-electron chi connectivity index (χ0n) is 15.5. The van der Waals surface area contributed by atoms with Crippen molar-refractivity contribution in [2.24, 2.45) is 0 Å². The Morgan fingerprint density at radius 2 is 2.00 bits per heavy atom. The molecule has 0 bridgehead atoms. The molecular weight excluding hydrogens is 312 g/mol. The summed E-state index contributed by atoms with van der Waals surface area (Å²) >= 11 is 0. The van der Waals surface area contributed by atoms with Crippen molar-refractivity contribution >= 4 is 16.7 Å². The normalized spacial score (nSPS) is 11.3. The molecule has 3 aromatic rings. The molecule has 0 spiro atoms. The van der Waals surface area contributed by atoms with E-state index < -0.39 is 0 Å². The molecule has 0 unspecified atom stereocenters. The Hall–Kier alpha value is -2.62. The molecule has 0 saturated carbocycles. The number of pyridine rings is 1. The number of aromatic nitrogens is 2. The van der Waals surface area contributed by atoms with E-state index in [1.807, 2.05) is 37.3 Å². The van der Waals surface area contributed by atoms with Crippen molar-refractivity contribution in [3.63, 3.8) is 0 Å². The van der Waals surface area contributed by atoms with Crippen LogP contribution in [0.4, 0.5) is 0 Å². The number of fused-ring (bicyclic) bond motifs is 1. The van der Waals surface area contributed by atoms with Crippen LogP contribution in [0.5, 0.6) is 5.75 Å². The molecule has 0 saturated heterocycles. The van der Waals surface area contributed by atoms with E-state index in [0.29, 0.717) is 18.2 Å². The average Bonchev–Trinajstić information content (AvgIpc) is 2.92. The summed E-state index contributed by atoms with van der Waals surface area (Å²) in [5.74, 6) is 1.19. The van der Waals surface area contributed by atoms with E-state index in [1.165, 1.54) is 5.56 Å². The Bertz CT molecular complexity index is 938. The lowest BCUT2D eigenvalue weighted by Gasteiger charge is -2.15. The number of ether oxygens (including phenoxy) is 1. The van der Waals surface area contributed by atoms with Crippen molar-refractivity contribution in [2.75, 3.05) is 7.11 Å². The van der Waals surface area contributed by atoms with Gasteiger partial charge in [0.15, 0.2) is 5.78 Å². The van der Waals surface area contributed by atoms with Crippen LogP contribution in [-0.2, 0) is 6.54 Å². The number of hydrogen-bond acceptors (Lipinski definition) is 3. The van der Waals surface area contributed by atoms with Gasteiger partial charge in [0.2, 0.25) is 0 Å². The molecule has 2 heterocycles. The Morgan fingerprint density at radius 3 is 2.60 bits per heavy atom. The van der Waals surface area contributed by atoms with Gasteiger partial charge in [-0.05, 0) is 48.7 Å². The first-order valence-electron chi connectivity index (χ1n) is 8.55. The lowest BCUT2D eigenvalue weighted by molar-refractivity contribution is 0.101. The molecular formula is C21H24N2O2. The number of aryl methyl sites for hydroxylation is 1. The first-order chi connectivity index (χ1) is 11.9. The number of carbonyl (C=O) groups is 1. The molecule has 25 heavy (non-hydrogen) atoms. The molecule has 0 amide bonds. The average molecular weight is 336 g/mol. The maximum Gasteiger partial charge on any atom is 0.176 e. The molecule has 0 atom stereocenters. The van der Waals surface area contributed by atoms with Crippen molar-refractivity contribution in [2.45, 2.75) is 40.2 Å². The zero-order chi connectivity index (χ0) is 18.1. The third-order valence-electron chi connectivity index (χ3n) is 4.48. The van der Waals surface area contributed by atoms with Gasteiger partial charge in [-0.3, -0.25) is 9.78 Å². The van der Waals surface area contributed by atoms with Crippen LogP contribution in [0.15, 0.2) is 36.4 Å². The largest absolute Gasteiger partial charge is 0.497 e. The second-order valence-electron chi connectivity index (χ2n) is 6.75. The standard InChI is InChI=1S/C21H24N2O2/c1-13(2)19-11-18(25-5)9-16-10-20(15(4)24)23(21(16)19)12-17-8-6-7-14(3)22-17/h6-11,13H,12H2,1-5H3. The SMILES string of the molecule is COc1cc(C(C)C)c2c(c1)cc(C(C)=O)n2Cc1cccc(C)n1. The first kappa shape index (κ1) is 17.2. The topological polar surface area (TPSA) is 44.1 Å². The van der Waals surface area contributed by atoms with Gasteiger partial charge in [0.05, 0.1) is 30.6 Å². The molecule has 0 aliphatic rings. The van der Waals surface area contributed by atoms with E-state index in [2.05, 4.69) is 29.5 Å². The number of methoxy groups -OCH3 is 1.